The van der Waals surface area contributed by atoms with E-state index in [2.05, 4.69) is 25.4 Å². The lowest BCUT2D eigenvalue weighted by molar-refractivity contribution is -0.139. The normalized spacial score (nSPS) is 10.0. The van der Waals surface area contributed by atoms with E-state index in [0.717, 1.165) is 0 Å². The molecule has 0 unspecified atom stereocenters. The van der Waals surface area contributed by atoms with Crippen molar-refractivity contribution in [3.63, 3.8) is 0 Å². The Balaban J connectivity index is 3.11. The number of rotatable bonds is 4. The minimum Gasteiger partial charge on any atom is -0.469 e. The predicted molar refractivity (Wildman–Crippen MR) is 61.2 cm³/mol. The number of esters is 1. The van der Waals surface area contributed by atoms with Gasteiger partial charge in [-0.1, -0.05) is 15.9 Å². The van der Waals surface area contributed by atoms with Crippen molar-refractivity contribution >= 4 is 21.9 Å². The van der Waals surface area contributed by atoms with E-state index in [1.165, 1.54) is 19.2 Å². The van der Waals surface area contributed by atoms with E-state index < -0.39 is 12.6 Å². The molecule has 0 saturated heterocycles. The van der Waals surface area contributed by atoms with E-state index >= 15 is 0 Å². The molecule has 18 heavy (non-hydrogen) atoms. The second-order valence-corrected chi connectivity index (χ2v) is 4.04. The maximum atomic E-state index is 12.1. The summed E-state index contributed by atoms with van der Waals surface area (Å²) in [4.78, 5) is 11.1. The van der Waals surface area contributed by atoms with Crippen LogP contribution >= 0.6 is 15.9 Å². The van der Waals surface area contributed by atoms with Crippen LogP contribution < -0.4 is 4.74 Å². The maximum absolute atomic E-state index is 12.1. The summed E-state index contributed by atoms with van der Waals surface area (Å²) >= 11 is 3.12. The SMILES string of the molecule is COC(=O)Cc1cc(C#N)c(OC(F)F)cc1Br. The van der Waals surface area contributed by atoms with Crippen LogP contribution in [0, 0.1) is 11.3 Å². The van der Waals surface area contributed by atoms with Crippen LogP contribution in [-0.4, -0.2) is 19.7 Å². The van der Waals surface area contributed by atoms with Crippen LogP contribution in [0.2, 0.25) is 0 Å². The van der Waals surface area contributed by atoms with Crippen molar-refractivity contribution in [1.29, 1.82) is 5.26 Å². The van der Waals surface area contributed by atoms with Crippen molar-refractivity contribution < 1.29 is 23.0 Å². The maximum Gasteiger partial charge on any atom is 0.387 e. The average Bonchev–Trinajstić information content (AvgIpc) is 2.31. The lowest BCUT2D eigenvalue weighted by Crippen LogP contribution is -2.07. The molecule has 0 fully saturated rings. The lowest BCUT2D eigenvalue weighted by Gasteiger charge is -2.10. The monoisotopic (exact) mass is 319 g/mol. The molecule has 0 amide bonds. The van der Waals surface area contributed by atoms with Crippen LogP contribution in [0.4, 0.5) is 8.78 Å². The zero-order valence-corrected chi connectivity index (χ0v) is 10.8. The first-order valence-corrected chi connectivity index (χ1v) is 5.51. The molecule has 0 saturated carbocycles. The van der Waals surface area contributed by atoms with Gasteiger partial charge >= 0.3 is 12.6 Å². The van der Waals surface area contributed by atoms with Gasteiger partial charge in [0.2, 0.25) is 0 Å². The topological polar surface area (TPSA) is 59.3 Å². The van der Waals surface area contributed by atoms with Crippen LogP contribution in [0.1, 0.15) is 11.1 Å². The minimum atomic E-state index is -3.02. The summed E-state index contributed by atoms with van der Waals surface area (Å²) in [6.07, 6.45) is -0.0687. The van der Waals surface area contributed by atoms with E-state index in [1.807, 2.05) is 0 Å². The van der Waals surface area contributed by atoms with E-state index in [1.54, 1.807) is 6.07 Å². The predicted octanol–water partition coefficient (Wildman–Crippen LogP) is 2.64. The lowest BCUT2D eigenvalue weighted by atomic mass is 10.1. The minimum absolute atomic E-state index is 0.0687. The molecule has 0 aromatic heterocycles. The van der Waals surface area contributed by atoms with Gasteiger partial charge in [-0.2, -0.15) is 14.0 Å². The first kappa shape index (κ1) is 14.4. The number of nitrogens with zero attached hydrogens (tertiary/aromatic N) is 1. The molecule has 0 N–H and O–H groups in total. The van der Waals surface area contributed by atoms with Gasteiger partial charge in [-0.15, -0.1) is 0 Å². The average molecular weight is 320 g/mol. The molecule has 0 aliphatic rings. The fourth-order valence-electron chi connectivity index (χ4n) is 1.24. The van der Waals surface area contributed by atoms with Crippen LogP contribution in [0.5, 0.6) is 5.75 Å². The van der Waals surface area contributed by atoms with Gasteiger partial charge in [0.15, 0.2) is 0 Å². The van der Waals surface area contributed by atoms with Gasteiger partial charge in [0, 0.05) is 4.47 Å². The quantitative estimate of drug-likeness (QED) is 0.800. The van der Waals surface area contributed by atoms with E-state index in [0.29, 0.717) is 10.0 Å². The van der Waals surface area contributed by atoms with E-state index in [4.69, 9.17) is 5.26 Å². The molecule has 1 aromatic carbocycles. The third kappa shape index (κ3) is 3.67. The molecule has 96 valence electrons. The molecule has 0 radical (unpaired) electrons. The Morgan fingerprint density at radius 3 is 2.72 bits per heavy atom. The van der Waals surface area contributed by atoms with Gasteiger partial charge in [-0.3, -0.25) is 4.79 Å². The van der Waals surface area contributed by atoms with E-state index in [-0.39, 0.29) is 17.7 Å². The smallest absolute Gasteiger partial charge is 0.387 e. The number of hydrogen-bond acceptors (Lipinski definition) is 4. The summed E-state index contributed by atoms with van der Waals surface area (Å²) in [5.74, 6) is -0.741. The molecule has 1 rings (SSSR count). The van der Waals surface area contributed by atoms with Crippen LogP contribution in [-0.2, 0) is 16.0 Å². The van der Waals surface area contributed by atoms with E-state index in [9.17, 15) is 13.6 Å². The number of hydrogen-bond donors (Lipinski definition) is 0. The molecule has 1 aromatic rings. The van der Waals surface area contributed by atoms with Crippen molar-refractivity contribution in [2.24, 2.45) is 0 Å². The molecule has 7 heteroatoms. The summed E-state index contributed by atoms with van der Waals surface area (Å²) < 4.78 is 33.3. The highest BCUT2D eigenvalue weighted by atomic mass is 79.9. The Morgan fingerprint density at radius 2 is 2.22 bits per heavy atom. The molecule has 4 nitrogen and oxygen atoms in total. The largest absolute Gasteiger partial charge is 0.469 e. The summed E-state index contributed by atoms with van der Waals surface area (Å²) in [7, 11) is 1.23. The molecule has 0 aliphatic carbocycles. The van der Waals surface area contributed by atoms with Gasteiger partial charge in [0.05, 0.1) is 19.1 Å². The molecule has 0 spiro atoms. The van der Waals surface area contributed by atoms with Crippen molar-refractivity contribution in [3.8, 4) is 11.8 Å². The summed E-state index contributed by atoms with van der Waals surface area (Å²) in [5, 5.41) is 8.83. The number of alkyl halides is 2. The fraction of sp³-hybridized carbons (Fsp3) is 0.273. The highest BCUT2D eigenvalue weighted by molar-refractivity contribution is 9.10. The highest BCUT2D eigenvalue weighted by Gasteiger charge is 2.15. The van der Waals surface area contributed by atoms with Crippen LogP contribution in [0.25, 0.3) is 0 Å². The van der Waals surface area contributed by atoms with Crippen LogP contribution in [0.15, 0.2) is 16.6 Å². The summed E-state index contributed by atoms with van der Waals surface area (Å²) in [6.45, 7) is -3.02. The van der Waals surface area contributed by atoms with Gasteiger partial charge in [0.1, 0.15) is 11.8 Å². The zero-order valence-electron chi connectivity index (χ0n) is 9.25. The van der Waals surface area contributed by atoms with Gasteiger partial charge in [0.25, 0.3) is 0 Å². The number of ether oxygens (including phenoxy) is 2. The summed E-state index contributed by atoms with van der Waals surface area (Å²) in [6, 6.07) is 4.26. The van der Waals surface area contributed by atoms with Gasteiger partial charge in [-0.05, 0) is 17.7 Å². The molecule has 0 heterocycles. The Morgan fingerprint density at radius 1 is 1.56 bits per heavy atom. The summed E-state index contributed by atoms with van der Waals surface area (Å²) in [5.41, 5.74) is 0.386. The second kappa shape index (κ2) is 6.31. The van der Waals surface area contributed by atoms with Crippen molar-refractivity contribution in [1.82, 2.24) is 0 Å². The highest BCUT2D eigenvalue weighted by Crippen LogP contribution is 2.29. The third-order valence-electron chi connectivity index (χ3n) is 2.05. The second-order valence-electron chi connectivity index (χ2n) is 3.18. The molecule has 0 bridgehead atoms. The van der Waals surface area contributed by atoms with Crippen molar-refractivity contribution in [2.45, 2.75) is 13.0 Å². The molecular formula is C11H8BrF2NO3. The third-order valence-corrected chi connectivity index (χ3v) is 2.79. The number of carbonyl (C=O) groups excluding carboxylic acids is 1. The number of benzene rings is 1. The number of methoxy groups -OCH3 is 1. The Hall–Kier alpha value is -1.68. The number of carbonyl (C=O) groups is 1. The Bertz CT molecular complexity index is 500. The molecular weight excluding hydrogens is 312 g/mol. The Labute approximate surface area is 110 Å². The van der Waals surface area contributed by atoms with Gasteiger partial charge < -0.3 is 9.47 Å². The molecule has 0 atom stereocenters. The first-order valence-electron chi connectivity index (χ1n) is 4.72. The standard InChI is InChI=1S/C11H8BrF2NO3/c1-17-10(16)3-6-2-7(5-15)9(4-8(6)12)18-11(13)14/h2,4,11H,3H2,1H3. The zero-order chi connectivity index (χ0) is 13.7. The first-order chi connectivity index (χ1) is 8.47. The molecule has 0 aliphatic heterocycles. The van der Waals surface area contributed by atoms with Crippen molar-refractivity contribution in [2.75, 3.05) is 7.11 Å². The number of halogens is 3. The fourth-order valence-corrected chi connectivity index (χ4v) is 1.71. The van der Waals surface area contributed by atoms with Crippen molar-refractivity contribution in [3.05, 3.63) is 27.7 Å². The van der Waals surface area contributed by atoms with Gasteiger partial charge in [-0.25, -0.2) is 0 Å². The van der Waals surface area contributed by atoms with Crippen LogP contribution in [0.3, 0.4) is 0 Å². The Kier molecular flexibility index (Phi) is 5.04. The number of nitriles is 1.